The van der Waals surface area contributed by atoms with Crippen molar-refractivity contribution in [3.05, 3.63) is 35.4 Å². The molecule has 0 atom stereocenters. The number of amides is 2. The lowest BCUT2D eigenvalue weighted by Gasteiger charge is -2.27. The summed E-state index contributed by atoms with van der Waals surface area (Å²) in [5.74, 6) is -0.941. The summed E-state index contributed by atoms with van der Waals surface area (Å²) in [6.45, 7) is 0.412. The second kappa shape index (κ2) is 7.82. The van der Waals surface area contributed by atoms with Gasteiger partial charge in [-0.1, -0.05) is 37.8 Å². The van der Waals surface area contributed by atoms with Gasteiger partial charge in [-0.25, -0.2) is 9.59 Å². The fraction of sp³-hybridized carbons (Fsp3) is 0.529. The van der Waals surface area contributed by atoms with Crippen LogP contribution in [0.2, 0.25) is 0 Å². The zero-order valence-electron chi connectivity index (χ0n) is 13.0. The Morgan fingerprint density at radius 2 is 1.73 bits per heavy atom. The molecule has 0 saturated heterocycles. The molecule has 1 aliphatic rings. The van der Waals surface area contributed by atoms with Gasteiger partial charge in [0.2, 0.25) is 0 Å². The summed E-state index contributed by atoms with van der Waals surface area (Å²) < 4.78 is 0. The summed E-state index contributed by atoms with van der Waals surface area (Å²) in [6, 6.07) is 6.84. The van der Waals surface area contributed by atoms with E-state index in [0.717, 1.165) is 18.4 Å². The average Bonchev–Trinajstić information content (AvgIpc) is 2.81. The van der Waals surface area contributed by atoms with E-state index in [2.05, 4.69) is 5.32 Å². The van der Waals surface area contributed by atoms with Gasteiger partial charge in [0.1, 0.15) is 0 Å². The molecule has 0 spiro atoms. The third-order valence-electron chi connectivity index (χ3n) is 4.34. The minimum Gasteiger partial charge on any atom is -0.478 e. The van der Waals surface area contributed by atoms with Gasteiger partial charge >= 0.3 is 12.0 Å². The lowest BCUT2D eigenvalue weighted by Crippen LogP contribution is -2.43. The molecule has 0 unspecified atom stereocenters. The Morgan fingerprint density at radius 1 is 1.14 bits per heavy atom. The Morgan fingerprint density at radius 3 is 2.27 bits per heavy atom. The quantitative estimate of drug-likeness (QED) is 0.839. The zero-order chi connectivity index (χ0) is 15.9. The number of carboxylic acids is 1. The van der Waals surface area contributed by atoms with Gasteiger partial charge in [-0.3, -0.25) is 0 Å². The smallest absolute Gasteiger partial charge is 0.335 e. The van der Waals surface area contributed by atoms with E-state index in [1.54, 1.807) is 24.3 Å². The number of hydrogen-bond acceptors (Lipinski definition) is 2. The molecule has 1 fully saturated rings. The second-order valence-electron chi connectivity index (χ2n) is 5.92. The average molecular weight is 304 g/mol. The number of carbonyl (C=O) groups is 2. The molecule has 120 valence electrons. The summed E-state index contributed by atoms with van der Waals surface area (Å²) in [6.07, 6.45) is 7.08. The molecule has 22 heavy (non-hydrogen) atoms. The van der Waals surface area contributed by atoms with Crippen molar-refractivity contribution in [2.45, 2.75) is 51.1 Å². The molecule has 0 radical (unpaired) electrons. The van der Waals surface area contributed by atoms with Crippen LogP contribution in [-0.2, 0) is 6.54 Å². The van der Waals surface area contributed by atoms with Crippen LogP contribution in [0, 0.1) is 0 Å². The predicted molar refractivity (Wildman–Crippen MR) is 84.9 cm³/mol. The molecule has 1 aliphatic carbocycles. The fourth-order valence-corrected chi connectivity index (χ4v) is 2.88. The van der Waals surface area contributed by atoms with Crippen LogP contribution >= 0.6 is 0 Å². The van der Waals surface area contributed by atoms with Crippen LogP contribution in [0.5, 0.6) is 0 Å². The molecule has 0 aliphatic heterocycles. The highest BCUT2D eigenvalue weighted by atomic mass is 16.4. The van der Waals surface area contributed by atoms with Crippen molar-refractivity contribution >= 4 is 12.0 Å². The van der Waals surface area contributed by atoms with Crippen molar-refractivity contribution < 1.29 is 14.7 Å². The van der Waals surface area contributed by atoms with E-state index >= 15 is 0 Å². The van der Waals surface area contributed by atoms with Gasteiger partial charge in [0, 0.05) is 19.6 Å². The first kappa shape index (κ1) is 16.3. The minimum atomic E-state index is -0.941. The van der Waals surface area contributed by atoms with E-state index in [0.29, 0.717) is 12.6 Å². The Hall–Kier alpha value is -2.04. The molecule has 2 rings (SSSR count). The molecule has 5 heteroatoms. The SMILES string of the molecule is CN(C(=O)NCc1ccc(C(=O)O)cc1)C1CCCCCC1. The highest BCUT2D eigenvalue weighted by Crippen LogP contribution is 2.21. The summed E-state index contributed by atoms with van der Waals surface area (Å²) in [5, 5.41) is 11.8. The first-order chi connectivity index (χ1) is 10.6. The van der Waals surface area contributed by atoms with Crippen molar-refractivity contribution in [1.82, 2.24) is 10.2 Å². The molecule has 1 saturated carbocycles. The third kappa shape index (κ3) is 4.48. The number of rotatable bonds is 4. The third-order valence-corrected chi connectivity index (χ3v) is 4.34. The Bertz CT molecular complexity index is 505. The van der Waals surface area contributed by atoms with E-state index < -0.39 is 5.97 Å². The first-order valence-corrected chi connectivity index (χ1v) is 7.91. The minimum absolute atomic E-state index is 0.0609. The van der Waals surface area contributed by atoms with Crippen LogP contribution < -0.4 is 5.32 Å². The van der Waals surface area contributed by atoms with E-state index in [9.17, 15) is 9.59 Å². The normalized spacial score (nSPS) is 15.9. The van der Waals surface area contributed by atoms with Crippen molar-refractivity contribution in [3.63, 3.8) is 0 Å². The number of carbonyl (C=O) groups excluding carboxylic acids is 1. The van der Waals surface area contributed by atoms with Crippen LogP contribution in [0.4, 0.5) is 4.79 Å². The van der Waals surface area contributed by atoms with Crippen molar-refractivity contribution in [3.8, 4) is 0 Å². The molecular formula is C17H24N2O3. The highest BCUT2D eigenvalue weighted by molar-refractivity contribution is 5.87. The van der Waals surface area contributed by atoms with Gasteiger partial charge in [0.25, 0.3) is 0 Å². The van der Waals surface area contributed by atoms with Crippen molar-refractivity contribution in [1.29, 1.82) is 0 Å². The van der Waals surface area contributed by atoms with Crippen LogP contribution in [0.3, 0.4) is 0 Å². The maximum absolute atomic E-state index is 12.2. The molecule has 1 aromatic carbocycles. The number of nitrogens with one attached hydrogen (secondary N) is 1. The Labute approximate surface area is 131 Å². The van der Waals surface area contributed by atoms with Gasteiger partial charge in [-0.2, -0.15) is 0 Å². The predicted octanol–water partition coefficient (Wildman–Crippen LogP) is 3.25. The van der Waals surface area contributed by atoms with Gasteiger partial charge in [-0.05, 0) is 30.5 Å². The highest BCUT2D eigenvalue weighted by Gasteiger charge is 2.20. The van der Waals surface area contributed by atoms with Crippen LogP contribution in [0.1, 0.15) is 54.4 Å². The number of aromatic carboxylic acids is 1. The Kier molecular flexibility index (Phi) is 5.81. The lowest BCUT2D eigenvalue weighted by atomic mass is 10.1. The van der Waals surface area contributed by atoms with Gasteiger partial charge in [0.15, 0.2) is 0 Å². The molecule has 0 bridgehead atoms. The maximum atomic E-state index is 12.2. The fourth-order valence-electron chi connectivity index (χ4n) is 2.88. The number of nitrogens with zero attached hydrogens (tertiary/aromatic N) is 1. The summed E-state index contributed by atoms with van der Waals surface area (Å²) >= 11 is 0. The number of carboxylic acid groups (broad SMARTS) is 1. The van der Waals surface area contributed by atoms with E-state index in [-0.39, 0.29) is 11.6 Å². The summed E-state index contributed by atoms with van der Waals surface area (Å²) in [4.78, 5) is 24.8. The van der Waals surface area contributed by atoms with Gasteiger partial charge < -0.3 is 15.3 Å². The zero-order valence-corrected chi connectivity index (χ0v) is 13.0. The topological polar surface area (TPSA) is 69.6 Å². The molecule has 2 N–H and O–H groups in total. The molecule has 0 aromatic heterocycles. The molecule has 0 heterocycles. The van der Waals surface area contributed by atoms with Crippen LogP contribution in [0.15, 0.2) is 24.3 Å². The maximum Gasteiger partial charge on any atom is 0.335 e. The summed E-state index contributed by atoms with van der Waals surface area (Å²) in [5.41, 5.74) is 1.15. The largest absolute Gasteiger partial charge is 0.478 e. The first-order valence-electron chi connectivity index (χ1n) is 7.91. The van der Waals surface area contributed by atoms with Crippen molar-refractivity contribution in [2.24, 2.45) is 0 Å². The van der Waals surface area contributed by atoms with E-state index in [1.807, 2.05) is 11.9 Å². The number of benzene rings is 1. The summed E-state index contributed by atoms with van der Waals surface area (Å²) in [7, 11) is 1.86. The molecule has 1 aromatic rings. The van der Waals surface area contributed by atoms with E-state index in [4.69, 9.17) is 5.11 Å². The molecule has 2 amide bonds. The van der Waals surface area contributed by atoms with Crippen LogP contribution in [-0.4, -0.2) is 35.1 Å². The lowest BCUT2D eigenvalue weighted by molar-refractivity contribution is 0.0697. The van der Waals surface area contributed by atoms with Crippen molar-refractivity contribution in [2.75, 3.05) is 7.05 Å². The number of hydrogen-bond donors (Lipinski definition) is 2. The number of urea groups is 1. The van der Waals surface area contributed by atoms with E-state index in [1.165, 1.54) is 25.7 Å². The Balaban J connectivity index is 1.84. The monoisotopic (exact) mass is 304 g/mol. The standard InChI is InChI=1S/C17H24N2O3/c1-19(15-6-4-2-3-5-7-15)17(22)18-12-13-8-10-14(11-9-13)16(20)21/h8-11,15H,2-7,12H2,1H3,(H,18,22)(H,20,21). The molecule has 5 nitrogen and oxygen atoms in total. The van der Waals surface area contributed by atoms with Gasteiger partial charge in [0.05, 0.1) is 5.56 Å². The molecular weight excluding hydrogens is 280 g/mol. The van der Waals surface area contributed by atoms with Gasteiger partial charge in [-0.15, -0.1) is 0 Å². The van der Waals surface area contributed by atoms with Crippen LogP contribution in [0.25, 0.3) is 0 Å². The second-order valence-corrected chi connectivity index (χ2v) is 5.92.